The van der Waals surface area contributed by atoms with Crippen molar-refractivity contribution in [2.75, 3.05) is 5.75 Å². The van der Waals surface area contributed by atoms with Gasteiger partial charge in [-0.3, -0.25) is 9.59 Å². The Balaban J connectivity index is 4.08. The first-order valence-electron chi connectivity index (χ1n) is 4.41. The minimum Gasteiger partial charge on any atom is -0.368 e. The number of hydrogen-bond acceptors (Lipinski definition) is 4. The molecule has 0 aromatic heterocycles. The molecule has 0 aliphatic carbocycles. The minimum absolute atomic E-state index is 0.202. The predicted octanol–water partition coefficient (Wildman–Crippen LogP) is -0.0152. The minimum atomic E-state index is -0.711. The molecule has 4 nitrogen and oxygen atoms in total. The standard InChI is InChI=1S/C8H16N2O2S2/c1-2-3-6(14)8(12)10-5(4-13)7(9)11/h5-6,13-14H,2-4H2,1H3,(H2,9,11)(H,10,12). The lowest BCUT2D eigenvalue weighted by Crippen LogP contribution is -2.48. The SMILES string of the molecule is CCCC(S)C(=O)NC(CS)C(N)=O. The molecule has 0 fully saturated rings. The van der Waals surface area contributed by atoms with Crippen molar-refractivity contribution in [1.29, 1.82) is 0 Å². The Morgan fingerprint density at radius 1 is 1.50 bits per heavy atom. The molecule has 14 heavy (non-hydrogen) atoms. The molecule has 0 aromatic carbocycles. The third-order valence-electron chi connectivity index (χ3n) is 1.71. The zero-order valence-electron chi connectivity index (χ0n) is 8.06. The Morgan fingerprint density at radius 3 is 2.43 bits per heavy atom. The van der Waals surface area contributed by atoms with Crippen LogP contribution in [0.25, 0.3) is 0 Å². The largest absolute Gasteiger partial charge is 0.368 e. The molecule has 0 radical (unpaired) electrons. The van der Waals surface area contributed by atoms with Crippen LogP contribution in [0.3, 0.4) is 0 Å². The first-order chi connectivity index (χ1) is 6.52. The quantitative estimate of drug-likeness (QED) is 0.490. The van der Waals surface area contributed by atoms with Gasteiger partial charge in [-0.15, -0.1) is 0 Å². The van der Waals surface area contributed by atoms with Gasteiger partial charge in [0.05, 0.1) is 5.25 Å². The summed E-state index contributed by atoms with van der Waals surface area (Å²) < 4.78 is 0. The summed E-state index contributed by atoms with van der Waals surface area (Å²) in [5, 5.41) is 2.10. The van der Waals surface area contributed by atoms with Crippen LogP contribution in [-0.2, 0) is 9.59 Å². The topological polar surface area (TPSA) is 72.2 Å². The van der Waals surface area contributed by atoms with Crippen molar-refractivity contribution in [3.8, 4) is 0 Å². The van der Waals surface area contributed by atoms with E-state index in [-0.39, 0.29) is 16.9 Å². The fourth-order valence-corrected chi connectivity index (χ4v) is 1.48. The van der Waals surface area contributed by atoms with Crippen molar-refractivity contribution >= 4 is 37.1 Å². The smallest absolute Gasteiger partial charge is 0.240 e. The summed E-state index contributed by atoms with van der Waals surface area (Å²) in [4.78, 5) is 22.2. The van der Waals surface area contributed by atoms with Crippen LogP contribution in [-0.4, -0.2) is 28.9 Å². The van der Waals surface area contributed by atoms with Crippen molar-refractivity contribution < 1.29 is 9.59 Å². The van der Waals surface area contributed by atoms with E-state index in [0.717, 1.165) is 6.42 Å². The van der Waals surface area contributed by atoms with Gasteiger partial charge in [0.2, 0.25) is 11.8 Å². The molecular formula is C8H16N2O2S2. The Bertz CT molecular complexity index is 212. The molecule has 2 atom stereocenters. The highest BCUT2D eigenvalue weighted by molar-refractivity contribution is 7.81. The van der Waals surface area contributed by atoms with Gasteiger partial charge < -0.3 is 11.1 Å². The zero-order chi connectivity index (χ0) is 11.1. The monoisotopic (exact) mass is 236 g/mol. The molecule has 0 aliphatic heterocycles. The highest BCUT2D eigenvalue weighted by atomic mass is 32.1. The molecule has 6 heteroatoms. The van der Waals surface area contributed by atoms with E-state index in [9.17, 15) is 9.59 Å². The molecular weight excluding hydrogens is 220 g/mol. The normalized spacial score (nSPS) is 14.5. The first-order valence-corrected chi connectivity index (χ1v) is 5.56. The Hall–Kier alpha value is -0.360. The molecule has 0 heterocycles. The second kappa shape index (κ2) is 7.00. The fraction of sp³-hybridized carbons (Fsp3) is 0.750. The van der Waals surface area contributed by atoms with E-state index in [4.69, 9.17) is 5.73 Å². The molecule has 0 rings (SSSR count). The number of nitrogens with one attached hydrogen (secondary N) is 1. The third-order valence-corrected chi connectivity index (χ3v) is 2.57. The number of nitrogens with two attached hydrogens (primary N) is 1. The Kier molecular flexibility index (Phi) is 6.82. The van der Waals surface area contributed by atoms with Crippen molar-refractivity contribution in [3.63, 3.8) is 0 Å². The van der Waals surface area contributed by atoms with Crippen molar-refractivity contribution in [2.24, 2.45) is 5.73 Å². The van der Waals surface area contributed by atoms with E-state index in [1.54, 1.807) is 0 Å². The predicted molar refractivity (Wildman–Crippen MR) is 62.7 cm³/mol. The average molecular weight is 236 g/mol. The second-order valence-corrected chi connectivity index (χ2v) is 3.94. The van der Waals surface area contributed by atoms with Gasteiger partial charge in [-0.25, -0.2) is 0 Å². The number of amides is 2. The summed E-state index contributed by atoms with van der Waals surface area (Å²) in [6.07, 6.45) is 1.54. The Labute approximate surface area is 94.8 Å². The lowest BCUT2D eigenvalue weighted by atomic mass is 10.2. The van der Waals surface area contributed by atoms with Crippen LogP contribution in [0.5, 0.6) is 0 Å². The highest BCUT2D eigenvalue weighted by Gasteiger charge is 2.19. The summed E-state index contributed by atoms with van der Waals surface area (Å²) in [7, 11) is 0. The lowest BCUT2D eigenvalue weighted by molar-refractivity contribution is -0.126. The maximum Gasteiger partial charge on any atom is 0.240 e. The second-order valence-electron chi connectivity index (χ2n) is 2.95. The summed E-state index contributed by atoms with van der Waals surface area (Å²) in [6, 6.07) is -0.711. The Morgan fingerprint density at radius 2 is 2.07 bits per heavy atom. The van der Waals surface area contributed by atoms with E-state index in [1.807, 2.05) is 6.92 Å². The number of hydrogen-bond donors (Lipinski definition) is 4. The van der Waals surface area contributed by atoms with Crippen LogP contribution in [0.4, 0.5) is 0 Å². The van der Waals surface area contributed by atoms with E-state index >= 15 is 0 Å². The first kappa shape index (κ1) is 13.6. The van der Waals surface area contributed by atoms with Crippen molar-refractivity contribution in [3.05, 3.63) is 0 Å². The summed E-state index contributed by atoms with van der Waals surface area (Å²) in [6.45, 7) is 1.96. The zero-order valence-corrected chi connectivity index (χ0v) is 9.85. The van der Waals surface area contributed by atoms with Crippen LogP contribution in [0.2, 0.25) is 0 Å². The van der Waals surface area contributed by atoms with Gasteiger partial charge in [0.25, 0.3) is 0 Å². The summed E-state index contributed by atoms with van der Waals surface area (Å²) in [5.74, 6) is -0.647. The van der Waals surface area contributed by atoms with Gasteiger partial charge in [-0.1, -0.05) is 13.3 Å². The number of carbonyl (C=O) groups excluding carboxylic acids is 2. The molecule has 2 unspecified atom stereocenters. The molecule has 3 N–H and O–H groups in total. The average Bonchev–Trinajstić information content (AvgIpc) is 2.13. The van der Waals surface area contributed by atoms with E-state index in [0.29, 0.717) is 6.42 Å². The lowest BCUT2D eigenvalue weighted by Gasteiger charge is -2.15. The van der Waals surface area contributed by atoms with Gasteiger partial charge in [-0.05, 0) is 6.42 Å². The maximum atomic E-state index is 11.4. The van der Waals surface area contributed by atoms with E-state index in [1.165, 1.54) is 0 Å². The van der Waals surface area contributed by atoms with Gasteiger partial charge >= 0.3 is 0 Å². The number of rotatable bonds is 6. The fourth-order valence-electron chi connectivity index (χ4n) is 0.879. The van der Waals surface area contributed by atoms with Gasteiger partial charge in [0.15, 0.2) is 0 Å². The van der Waals surface area contributed by atoms with Crippen LogP contribution in [0.15, 0.2) is 0 Å². The molecule has 0 spiro atoms. The van der Waals surface area contributed by atoms with Crippen LogP contribution < -0.4 is 11.1 Å². The molecule has 0 bridgehead atoms. The van der Waals surface area contributed by atoms with E-state index < -0.39 is 11.9 Å². The van der Waals surface area contributed by atoms with Crippen LogP contribution in [0.1, 0.15) is 19.8 Å². The molecule has 0 aliphatic rings. The van der Waals surface area contributed by atoms with Crippen molar-refractivity contribution in [2.45, 2.75) is 31.1 Å². The molecule has 0 saturated carbocycles. The van der Waals surface area contributed by atoms with Crippen molar-refractivity contribution in [1.82, 2.24) is 5.32 Å². The summed E-state index contributed by atoms with van der Waals surface area (Å²) in [5.41, 5.74) is 5.04. The molecule has 0 aromatic rings. The van der Waals surface area contributed by atoms with Crippen LogP contribution in [0, 0.1) is 0 Å². The van der Waals surface area contributed by atoms with Gasteiger partial charge in [0.1, 0.15) is 6.04 Å². The van der Waals surface area contributed by atoms with Gasteiger partial charge in [-0.2, -0.15) is 25.3 Å². The van der Waals surface area contributed by atoms with E-state index in [2.05, 4.69) is 30.6 Å². The molecule has 82 valence electrons. The molecule has 0 saturated heterocycles. The highest BCUT2D eigenvalue weighted by Crippen LogP contribution is 2.04. The number of thiol groups is 2. The van der Waals surface area contributed by atoms with Crippen LogP contribution >= 0.6 is 25.3 Å². The maximum absolute atomic E-state index is 11.4. The molecule has 2 amide bonds. The number of primary amides is 1. The third kappa shape index (κ3) is 4.76. The van der Waals surface area contributed by atoms with Gasteiger partial charge in [0, 0.05) is 5.75 Å². The number of carbonyl (C=O) groups is 2. The summed E-state index contributed by atoms with van der Waals surface area (Å²) >= 11 is 8.01.